The van der Waals surface area contributed by atoms with Gasteiger partial charge in [0, 0.05) is 63.4 Å². The number of nitrogens with zero attached hydrogens (tertiary/aromatic N) is 6. The molecule has 1 aliphatic rings. The van der Waals surface area contributed by atoms with Gasteiger partial charge in [-0.2, -0.15) is 13.2 Å². The number of rotatable bonds is 5. The van der Waals surface area contributed by atoms with Crippen LogP contribution in [0.3, 0.4) is 0 Å². The normalized spacial score (nSPS) is 13.4. The van der Waals surface area contributed by atoms with Gasteiger partial charge in [-0.05, 0) is 25.0 Å². The third-order valence-corrected chi connectivity index (χ3v) is 5.65. The van der Waals surface area contributed by atoms with Crippen molar-refractivity contribution in [3.05, 3.63) is 71.7 Å². The number of hydrogen-bond donors (Lipinski definition) is 2. The number of nitrogens with one attached hydrogen (secondary N) is 1. The van der Waals surface area contributed by atoms with E-state index in [1.54, 1.807) is 17.4 Å². The van der Waals surface area contributed by atoms with Crippen molar-refractivity contribution in [1.29, 1.82) is 0 Å². The number of benzene rings is 1. The van der Waals surface area contributed by atoms with Crippen LogP contribution in [0.25, 0.3) is 0 Å². The summed E-state index contributed by atoms with van der Waals surface area (Å²) in [5.74, 6) is -2.23. The summed E-state index contributed by atoms with van der Waals surface area (Å²) in [5.41, 5.74) is 2.97. The predicted molar refractivity (Wildman–Crippen MR) is 134 cm³/mol. The van der Waals surface area contributed by atoms with E-state index in [1.165, 1.54) is 0 Å². The molecular formula is C25H28F3N7O4. The summed E-state index contributed by atoms with van der Waals surface area (Å²) >= 11 is 0. The Balaban J connectivity index is 0.000000532. The topological polar surface area (TPSA) is 134 Å². The fourth-order valence-corrected chi connectivity index (χ4v) is 3.83. The molecule has 2 N–H and O–H groups in total. The lowest BCUT2D eigenvalue weighted by molar-refractivity contribution is -0.192. The van der Waals surface area contributed by atoms with Crippen LogP contribution in [0.4, 0.5) is 19.0 Å². The van der Waals surface area contributed by atoms with Crippen LogP contribution in [0.15, 0.2) is 49.1 Å². The van der Waals surface area contributed by atoms with Crippen molar-refractivity contribution in [2.45, 2.75) is 33.1 Å². The molecule has 1 saturated heterocycles. The largest absolute Gasteiger partial charge is 0.490 e. The Kier molecular flexibility index (Phi) is 9.57. The first-order valence-corrected chi connectivity index (χ1v) is 11.9. The minimum Gasteiger partial charge on any atom is -0.475 e. The third-order valence-electron chi connectivity index (χ3n) is 5.65. The van der Waals surface area contributed by atoms with E-state index in [0.29, 0.717) is 39.3 Å². The van der Waals surface area contributed by atoms with Gasteiger partial charge in [0.15, 0.2) is 0 Å². The second-order valence-electron chi connectivity index (χ2n) is 8.73. The molecule has 0 unspecified atom stereocenters. The third kappa shape index (κ3) is 8.79. The Hall–Kier alpha value is -4.49. The predicted octanol–water partition coefficient (Wildman–Crippen LogP) is 1.94. The van der Waals surface area contributed by atoms with Crippen LogP contribution in [-0.2, 0) is 27.5 Å². The van der Waals surface area contributed by atoms with Gasteiger partial charge in [0.25, 0.3) is 0 Å². The van der Waals surface area contributed by atoms with Crippen LogP contribution >= 0.6 is 0 Å². The molecular weight excluding hydrogens is 519 g/mol. The number of piperazine rings is 1. The van der Waals surface area contributed by atoms with Crippen molar-refractivity contribution >= 4 is 23.6 Å². The number of carboxylic acids is 1. The Bertz CT molecular complexity index is 1270. The first-order chi connectivity index (χ1) is 18.4. The molecule has 4 rings (SSSR count). The van der Waals surface area contributed by atoms with E-state index in [1.807, 2.05) is 54.9 Å². The number of alkyl halides is 3. The maximum absolute atomic E-state index is 12.6. The highest BCUT2D eigenvalue weighted by Gasteiger charge is 2.38. The van der Waals surface area contributed by atoms with Gasteiger partial charge in [0.1, 0.15) is 11.6 Å². The van der Waals surface area contributed by atoms with Crippen LogP contribution in [-0.4, -0.2) is 79.7 Å². The number of aliphatic carboxylic acids is 1. The van der Waals surface area contributed by atoms with E-state index >= 15 is 0 Å². The molecule has 0 radical (unpaired) electrons. The zero-order valence-electron chi connectivity index (χ0n) is 21.4. The molecule has 0 saturated carbocycles. The van der Waals surface area contributed by atoms with Gasteiger partial charge in [-0.3, -0.25) is 9.59 Å². The molecule has 11 nitrogen and oxygen atoms in total. The van der Waals surface area contributed by atoms with Crippen molar-refractivity contribution in [1.82, 2.24) is 29.7 Å². The molecule has 2 amide bonds. The summed E-state index contributed by atoms with van der Waals surface area (Å²) in [4.78, 5) is 50.5. The number of aryl methyl sites for hydroxylation is 2. The van der Waals surface area contributed by atoms with E-state index < -0.39 is 24.0 Å². The summed E-state index contributed by atoms with van der Waals surface area (Å²) in [6, 6.07) is 9.88. The molecule has 0 spiro atoms. The first-order valence-electron chi connectivity index (χ1n) is 11.9. The summed E-state index contributed by atoms with van der Waals surface area (Å²) in [5, 5.41) is 9.88. The summed E-state index contributed by atoms with van der Waals surface area (Å²) in [6.07, 6.45) is 0.324. The van der Waals surface area contributed by atoms with Crippen LogP contribution in [0.2, 0.25) is 0 Å². The summed E-state index contributed by atoms with van der Waals surface area (Å²) in [6.45, 7) is 7.04. The van der Waals surface area contributed by atoms with Crippen molar-refractivity contribution in [3.8, 4) is 0 Å². The number of amides is 2. The van der Waals surface area contributed by atoms with Gasteiger partial charge in [-0.25, -0.2) is 19.7 Å². The van der Waals surface area contributed by atoms with Crippen molar-refractivity contribution < 1.29 is 32.7 Å². The van der Waals surface area contributed by atoms with Gasteiger partial charge in [0.2, 0.25) is 0 Å². The van der Waals surface area contributed by atoms with E-state index in [-0.39, 0.29) is 0 Å². The minimum atomic E-state index is -5.08. The number of carbonyl (C=O) groups excluding carboxylic acids is 2. The fraction of sp³-hybridized carbons (Fsp3) is 0.360. The summed E-state index contributed by atoms with van der Waals surface area (Å²) in [7, 11) is 0. The highest BCUT2D eigenvalue weighted by atomic mass is 19.4. The maximum Gasteiger partial charge on any atom is 0.490 e. The number of hydrogen-bond acceptors (Lipinski definition) is 7. The average Bonchev–Trinajstić information content (AvgIpc) is 3.39. The molecule has 39 heavy (non-hydrogen) atoms. The Morgan fingerprint density at radius 3 is 2.28 bits per heavy atom. The molecule has 14 heteroatoms. The molecule has 208 valence electrons. The number of halogens is 3. The van der Waals surface area contributed by atoms with Crippen LogP contribution in [0, 0.1) is 13.8 Å². The van der Waals surface area contributed by atoms with Crippen molar-refractivity contribution in [3.63, 3.8) is 0 Å². The first kappa shape index (κ1) is 29.1. The average molecular weight is 548 g/mol. The van der Waals surface area contributed by atoms with Crippen LogP contribution in [0.1, 0.15) is 22.6 Å². The maximum atomic E-state index is 12.6. The van der Waals surface area contributed by atoms with Gasteiger partial charge >= 0.3 is 24.0 Å². The highest BCUT2D eigenvalue weighted by Crippen LogP contribution is 2.15. The SMILES string of the molecule is Cc1cc(N2CCN(C(=O)C(=O)NCc3cccc(Cn4ccnc4)c3)CC2)nc(C)n1.O=C(O)C(F)(F)F. The lowest BCUT2D eigenvalue weighted by atomic mass is 10.1. The molecule has 0 atom stereocenters. The molecule has 0 aliphatic carbocycles. The number of carboxylic acid groups (broad SMARTS) is 1. The summed E-state index contributed by atoms with van der Waals surface area (Å²) < 4.78 is 33.7. The van der Waals surface area contributed by atoms with E-state index in [0.717, 1.165) is 28.5 Å². The van der Waals surface area contributed by atoms with E-state index in [9.17, 15) is 22.8 Å². The molecule has 1 aliphatic heterocycles. The van der Waals surface area contributed by atoms with Crippen LogP contribution in [0.5, 0.6) is 0 Å². The fourth-order valence-electron chi connectivity index (χ4n) is 3.83. The Morgan fingerprint density at radius 1 is 1.03 bits per heavy atom. The van der Waals surface area contributed by atoms with Crippen LogP contribution < -0.4 is 10.2 Å². The second-order valence-corrected chi connectivity index (χ2v) is 8.73. The Labute approximate surface area is 222 Å². The zero-order chi connectivity index (χ0) is 28.6. The van der Waals surface area contributed by atoms with E-state index in [2.05, 4.69) is 25.2 Å². The highest BCUT2D eigenvalue weighted by molar-refractivity contribution is 6.35. The van der Waals surface area contributed by atoms with Gasteiger partial charge in [-0.1, -0.05) is 24.3 Å². The second kappa shape index (κ2) is 12.8. The molecule has 2 aromatic heterocycles. The number of aromatic nitrogens is 4. The number of anilines is 1. The van der Waals surface area contributed by atoms with Gasteiger partial charge < -0.3 is 24.8 Å². The zero-order valence-corrected chi connectivity index (χ0v) is 21.4. The monoisotopic (exact) mass is 547 g/mol. The quantitative estimate of drug-likeness (QED) is 0.463. The minimum absolute atomic E-state index is 0.307. The molecule has 0 bridgehead atoms. The number of carbonyl (C=O) groups is 3. The van der Waals surface area contributed by atoms with Gasteiger partial charge in [-0.15, -0.1) is 0 Å². The lowest BCUT2D eigenvalue weighted by Gasteiger charge is -2.35. The lowest BCUT2D eigenvalue weighted by Crippen LogP contribution is -2.52. The molecule has 3 aromatic rings. The molecule has 3 heterocycles. The molecule has 1 fully saturated rings. The smallest absolute Gasteiger partial charge is 0.475 e. The Morgan fingerprint density at radius 2 is 1.69 bits per heavy atom. The van der Waals surface area contributed by atoms with Gasteiger partial charge in [0.05, 0.1) is 6.33 Å². The standard InChI is InChI=1S/C23H27N7O2.C2HF3O2/c1-17-12-21(27-18(2)26-17)29-8-10-30(11-9-29)23(32)22(31)25-14-19-4-3-5-20(13-19)15-28-7-6-24-16-28;3-2(4,5)1(6)7/h3-7,12-13,16H,8-11,14-15H2,1-2H3,(H,25,31);(H,6,7). The molecule has 1 aromatic carbocycles. The number of imidazole rings is 1. The van der Waals surface area contributed by atoms with Crippen molar-refractivity contribution in [2.24, 2.45) is 0 Å². The van der Waals surface area contributed by atoms with E-state index in [4.69, 9.17) is 9.90 Å². The van der Waals surface area contributed by atoms with Crippen molar-refractivity contribution in [2.75, 3.05) is 31.1 Å².